The number of hydrogen-bond donors (Lipinski definition) is 1. The van der Waals surface area contributed by atoms with Crippen molar-refractivity contribution in [2.75, 3.05) is 44.7 Å². The van der Waals surface area contributed by atoms with Crippen molar-refractivity contribution in [2.45, 2.75) is 6.43 Å². The summed E-state index contributed by atoms with van der Waals surface area (Å²) >= 11 is 0. The van der Waals surface area contributed by atoms with Crippen LogP contribution in [0.1, 0.15) is 0 Å². The normalized spacial score (nSPS) is 15.7. The Balaban J connectivity index is 0.00000264. The van der Waals surface area contributed by atoms with Gasteiger partial charge in [0.25, 0.3) is 6.43 Å². The zero-order chi connectivity index (χ0) is 16.1. The summed E-state index contributed by atoms with van der Waals surface area (Å²) in [7, 11) is 1.52. The number of benzene rings is 1. The van der Waals surface area contributed by atoms with Gasteiger partial charge in [0, 0.05) is 39.3 Å². The summed E-state index contributed by atoms with van der Waals surface area (Å²) in [5.74, 6) is -0.581. The largest absolute Gasteiger partial charge is 0.366 e. The first-order valence-corrected chi connectivity index (χ1v) is 6.95. The molecule has 1 fully saturated rings. The molecule has 4 nitrogen and oxygen atoms in total. The molecule has 1 saturated heterocycles. The predicted molar refractivity (Wildman–Crippen MR) is 92.9 cm³/mol. The zero-order valence-electron chi connectivity index (χ0n) is 12.6. The van der Waals surface area contributed by atoms with Gasteiger partial charge in [0.2, 0.25) is 0 Å². The number of hydrogen-bond acceptors (Lipinski definition) is 2. The van der Waals surface area contributed by atoms with E-state index >= 15 is 0 Å². The Morgan fingerprint density at radius 1 is 1.22 bits per heavy atom. The third kappa shape index (κ3) is 5.40. The van der Waals surface area contributed by atoms with Gasteiger partial charge in [-0.3, -0.25) is 4.99 Å². The molecule has 0 unspecified atom stereocenters. The lowest BCUT2D eigenvalue weighted by Crippen LogP contribution is -2.53. The summed E-state index contributed by atoms with van der Waals surface area (Å²) in [6, 6.07) is 3.33. The summed E-state index contributed by atoms with van der Waals surface area (Å²) in [5, 5.41) is 2.59. The first-order chi connectivity index (χ1) is 10.5. The standard InChI is InChI=1S/C14H18F4N4.HI/c1-19-14(20-9-13(17)18)22-6-4-21(5-7-22)12-8-10(15)2-3-11(12)16;/h2-3,8,13H,4-7,9H2,1H3,(H,19,20);1H. The second-order valence-electron chi connectivity index (χ2n) is 4.89. The maximum absolute atomic E-state index is 13.7. The van der Waals surface area contributed by atoms with Gasteiger partial charge in [-0.2, -0.15) is 0 Å². The maximum atomic E-state index is 13.7. The maximum Gasteiger partial charge on any atom is 0.255 e. The van der Waals surface area contributed by atoms with Crippen molar-refractivity contribution in [1.29, 1.82) is 0 Å². The monoisotopic (exact) mass is 446 g/mol. The molecule has 0 aromatic heterocycles. The molecule has 1 N–H and O–H groups in total. The minimum atomic E-state index is -2.46. The minimum absolute atomic E-state index is 0. The van der Waals surface area contributed by atoms with Gasteiger partial charge in [-0.05, 0) is 12.1 Å². The number of guanidine groups is 1. The van der Waals surface area contributed by atoms with Crippen LogP contribution in [0.3, 0.4) is 0 Å². The molecule has 1 aromatic rings. The van der Waals surface area contributed by atoms with E-state index in [1.165, 1.54) is 7.05 Å². The average molecular weight is 446 g/mol. The van der Waals surface area contributed by atoms with E-state index in [1.807, 2.05) is 4.90 Å². The Hall–Kier alpha value is -1.26. The van der Waals surface area contributed by atoms with E-state index in [4.69, 9.17) is 0 Å². The number of rotatable bonds is 3. The Bertz CT molecular complexity index is 534. The fourth-order valence-corrected chi connectivity index (χ4v) is 2.39. The van der Waals surface area contributed by atoms with Gasteiger partial charge in [0.05, 0.1) is 12.2 Å². The second kappa shape index (κ2) is 9.14. The zero-order valence-corrected chi connectivity index (χ0v) is 14.9. The molecule has 2 rings (SSSR count). The highest BCUT2D eigenvalue weighted by molar-refractivity contribution is 14.0. The van der Waals surface area contributed by atoms with E-state index in [0.717, 1.165) is 18.2 Å². The second-order valence-corrected chi connectivity index (χ2v) is 4.89. The molecule has 0 radical (unpaired) electrons. The quantitative estimate of drug-likeness (QED) is 0.335. The number of aliphatic imine (C=N–C) groups is 1. The van der Waals surface area contributed by atoms with Crippen molar-refractivity contribution in [1.82, 2.24) is 10.2 Å². The highest BCUT2D eigenvalue weighted by Crippen LogP contribution is 2.21. The fourth-order valence-electron chi connectivity index (χ4n) is 2.39. The van der Waals surface area contributed by atoms with Crippen molar-refractivity contribution in [3.63, 3.8) is 0 Å². The van der Waals surface area contributed by atoms with Crippen LogP contribution in [0.2, 0.25) is 0 Å². The number of halogens is 5. The van der Waals surface area contributed by atoms with E-state index < -0.39 is 24.6 Å². The van der Waals surface area contributed by atoms with Gasteiger partial charge in [0.1, 0.15) is 11.6 Å². The van der Waals surface area contributed by atoms with Gasteiger partial charge >= 0.3 is 0 Å². The minimum Gasteiger partial charge on any atom is -0.366 e. The molecule has 9 heteroatoms. The van der Waals surface area contributed by atoms with Crippen molar-refractivity contribution < 1.29 is 17.6 Å². The predicted octanol–water partition coefficient (Wildman–Crippen LogP) is 2.55. The molecule has 0 amide bonds. The van der Waals surface area contributed by atoms with Gasteiger partial charge in [-0.25, -0.2) is 17.6 Å². The van der Waals surface area contributed by atoms with Gasteiger partial charge in [-0.15, -0.1) is 24.0 Å². The van der Waals surface area contributed by atoms with Crippen LogP contribution >= 0.6 is 24.0 Å². The molecule has 0 atom stereocenters. The average Bonchev–Trinajstić information content (AvgIpc) is 2.51. The first-order valence-electron chi connectivity index (χ1n) is 6.95. The summed E-state index contributed by atoms with van der Waals surface area (Å²) < 4.78 is 51.5. The first kappa shape index (κ1) is 19.8. The SMILES string of the molecule is CN=C(NCC(F)F)N1CCN(c2cc(F)ccc2F)CC1.I. The highest BCUT2D eigenvalue weighted by Gasteiger charge is 2.22. The summed E-state index contributed by atoms with van der Waals surface area (Å²) in [4.78, 5) is 7.51. The molecule has 1 aromatic carbocycles. The van der Waals surface area contributed by atoms with E-state index in [2.05, 4.69) is 10.3 Å². The van der Waals surface area contributed by atoms with Crippen LogP contribution in [0.5, 0.6) is 0 Å². The lowest BCUT2D eigenvalue weighted by molar-refractivity contribution is 0.150. The van der Waals surface area contributed by atoms with Crippen LogP contribution in [0.25, 0.3) is 0 Å². The number of alkyl halides is 2. The Morgan fingerprint density at radius 3 is 2.43 bits per heavy atom. The molecule has 23 heavy (non-hydrogen) atoms. The number of nitrogens with one attached hydrogen (secondary N) is 1. The van der Waals surface area contributed by atoms with E-state index in [0.29, 0.717) is 32.1 Å². The topological polar surface area (TPSA) is 30.9 Å². The third-order valence-corrected chi connectivity index (χ3v) is 3.45. The molecule has 1 aliphatic heterocycles. The molecule has 130 valence electrons. The summed E-state index contributed by atoms with van der Waals surface area (Å²) in [5.41, 5.74) is 0.218. The van der Waals surface area contributed by atoms with Gasteiger partial charge in [-0.1, -0.05) is 0 Å². The Morgan fingerprint density at radius 2 is 1.87 bits per heavy atom. The van der Waals surface area contributed by atoms with E-state index in [1.54, 1.807) is 4.90 Å². The molecular weight excluding hydrogens is 427 g/mol. The third-order valence-electron chi connectivity index (χ3n) is 3.45. The Labute approximate surface area is 149 Å². The molecule has 0 aliphatic carbocycles. The van der Waals surface area contributed by atoms with Crippen molar-refractivity contribution in [3.05, 3.63) is 29.8 Å². The van der Waals surface area contributed by atoms with Crippen LogP contribution in [-0.4, -0.2) is 57.1 Å². The number of anilines is 1. The van der Waals surface area contributed by atoms with E-state index in [9.17, 15) is 17.6 Å². The molecule has 0 bridgehead atoms. The lowest BCUT2D eigenvalue weighted by atomic mass is 10.2. The van der Waals surface area contributed by atoms with Gasteiger partial charge in [0.15, 0.2) is 5.96 Å². The molecule has 1 heterocycles. The van der Waals surface area contributed by atoms with Crippen molar-refractivity contribution in [3.8, 4) is 0 Å². The van der Waals surface area contributed by atoms with Crippen LogP contribution in [-0.2, 0) is 0 Å². The van der Waals surface area contributed by atoms with Gasteiger partial charge < -0.3 is 15.1 Å². The highest BCUT2D eigenvalue weighted by atomic mass is 127. The molecule has 0 saturated carbocycles. The number of nitrogens with zero attached hydrogens (tertiary/aromatic N) is 3. The molecule has 0 spiro atoms. The fraction of sp³-hybridized carbons (Fsp3) is 0.500. The van der Waals surface area contributed by atoms with Crippen LogP contribution < -0.4 is 10.2 Å². The van der Waals surface area contributed by atoms with E-state index in [-0.39, 0.29) is 29.7 Å². The molecule has 1 aliphatic rings. The summed E-state index contributed by atoms with van der Waals surface area (Å²) in [6.45, 7) is 1.41. The lowest BCUT2D eigenvalue weighted by Gasteiger charge is -2.37. The smallest absolute Gasteiger partial charge is 0.255 e. The number of piperazine rings is 1. The Kier molecular flexibility index (Phi) is 7.86. The van der Waals surface area contributed by atoms with Crippen LogP contribution in [0, 0.1) is 11.6 Å². The van der Waals surface area contributed by atoms with Crippen molar-refractivity contribution >= 4 is 35.6 Å². The van der Waals surface area contributed by atoms with Crippen LogP contribution in [0.15, 0.2) is 23.2 Å². The molecular formula is C14H19F4IN4. The van der Waals surface area contributed by atoms with Crippen LogP contribution in [0.4, 0.5) is 23.2 Å². The van der Waals surface area contributed by atoms with Crippen molar-refractivity contribution in [2.24, 2.45) is 4.99 Å². The summed E-state index contributed by atoms with van der Waals surface area (Å²) in [6.07, 6.45) is -2.46.